The molecule has 0 aromatic carbocycles. The molecule has 0 unspecified atom stereocenters. The molecule has 0 radical (unpaired) electrons. The van der Waals surface area contributed by atoms with Crippen molar-refractivity contribution < 1.29 is 5.11 Å². The second-order valence-electron chi connectivity index (χ2n) is 6.46. The molecule has 1 heterocycles. The van der Waals surface area contributed by atoms with Gasteiger partial charge in [-0.15, -0.1) is 11.3 Å². The summed E-state index contributed by atoms with van der Waals surface area (Å²) < 4.78 is 0. The normalized spacial score (nSPS) is 18.0. The molecule has 1 aliphatic carbocycles. The van der Waals surface area contributed by atoms with E-state index in [2.05, 4.69) is 31.1 Å². The Morgan fingerprint density at radius 3 is 2.67 bits per heavy atom. The predicted molar refractivity (Wildman–Crippen MR) is 75.9 cm³/mol. The molecule has 0 saturated heterocycles. The van der Waals surface area contributed by atoms with Gasteiger partial charge < -0.3 is 10.4 Å². The van der Waals surface area contributed by atoms with Crippen molar-refractivity contribution in [1.82, 2.24) is 10.3 Å². The molecule has 0 amide bonds. The summed E-state index contributed by atoms with van der Waals surface area (Å²) in [6.07, 6.45) is 5.45. The first-order chi connectivity index (χ1) is 8.45. The summed E-state index contributed by atoms with van der Waals surface area (Å²) in [6, 6.07) is 0. The fourth-order valence-electron chi connectivity index (χ4n) is 2.12. The third kappa shape index (κ3) is 3.53. The molecule has 0 atom stereocenters. The molecular formula is C14H24N2OS. The topological polar surface area (TPSA) is 45.2 Å². The highest BCUT2D eigenvalue weighted by Gasteiger charge is 2.41. The second-order valence-corrected chi connectivity index (χ2v) is 7.57. The lowest BCUT2D eigenvalue weighted by atomic mass is 9.98. The Bertz CT molecular complexity index is 391. The van der Waals surface area contributed by atoms with Gasteiger partial charge >= 0.3 is 0 Å². The molecule has 4 heteroatoms. The van der Waals surface area contributed by atoms with E-state index >= 15 is 0 Å². The van der Waals surface area contributed by atoms with Gasteiger partial charge in [-0.1, -0.05) is 20.8 Å². The van der Waals surface area contributed by atoms with E-state index in [1.165, 1.54) is 22.7 Å². The van der Waals surface area contributed by atoms with Crippen LogP contribution in [0, 0.1) is 5.41 Å². The van der Waals surface area contributed by atoms with Crippen LogP contribution < -0.4 is 5.32 Å². The minimum Gasteiger partial charge on any atom is -0.396 e. The van der Waals surface area contributed by atoms with Crippen LogP contribution in [0.25, 0.3) is 0 Å². The zero-order valence-corrected chi connectivity index (χ0v) is 12.4. The number of hydrogen-bond donors (Lipinski definition) is 2. The first kappa shape index (κ1) is 14.0. The minimum atomic E-state index is 0.150. The predicted octanol–water partition coefficient (Wildman–Crippen LogP) is 2.69. The zero-order valence-electron chi connectivity index (χ0n) is 11.6. The SMILES string of the molecule is CC(C)(C)c1ncc(CNCC2(CCO)CC2)s1. The molecule has 1 fully saturated rings. The molecule has 1 aromatic rings. The molecular weight excluding hydrogens is 244 g/mol. The third-order valence-corrected chi connectivity index (χ3v) is 5.02. The fraction of sp³-hybridized carbons (Fsp3) is 0.786. The van der Waals surface area contributed by atoms with E-state index in [4.69, 9.17) is 5.11 Å². The van der Waals surface area contributed by atoms with E-state index in [9.17, 15) is 0 Å². The first-order valence-electron chi connectivity index (χ1n) is 6.72. The number of nitrogens with zero attached hydrogens (tertiary/aromatic N) is 1. The maximum atomic E-state index is 9.02. The molecule has 0 spiro atoms. The Morgan fingerprint density at radius 1 is 1.44 bits per heavy atom. The lowest BCUT2D eigenvalue weighted by molar-refractivity contribution is 0.245. The van der Waals surface area contributed by atoms with Crippen molar-refractivity contribution in [3.8, 4) is 0 Å². The number of nitrogens with one attached hydrogen (secondary N) is 1. The second kappa shape index (κ2) is 5.27. The number of aromatic nitrogens is 1. The highest BCUT2D eigenvalue weighted by Crippen LogP contribution is 2.47. The van der Waals surface area contributed by atoms with Crippen LogP contribution in [0.3, 0.4) is 0 Å². The lowest BCUT2D eigenvalue weighted by Gasteiger charge is -2.14. The molecule has 102 valence electrons. The Labute approximate surface area is 114 Å². The van der Waals surface area contributed by atoms with Crippen LogP contribution in [0.15, 0.2) is 6.20 Å². The van der Waals surface area contributed by atoms with Gasteiger partial charge in [0.05, 0.1) is 5.01 Å². The number of rotatable bonds is 6. The van der Waals surface area contributed by atoms with E-state index in [1.807, 2.05) is 6.20 Å². The molecule has 2 N–H and O–H groups in total. The standard InChI is InChI=1S/C14H24N2OS/c1-13(2,3)12-16-9-11(18-12)8-15-10-14(4-5-14)6-7-17/h9,15,17H,4-8,10H2,1-3H3. The third-order valence-electron chi connectivity index (χ3n) is 3.59. The minimum absolute atomic E-state index is 0.150. The van der Waals surface area contributed by atoms with E-state index in [1.54, 1.807) is 11.3 Å². The Hall–Kier alpha value is -0.450. The average Bonchev–Trinajstić information content (AvgIpc) is 2.86. The first-order valence-corrected chi connectivity index (χ1v) is 7.54. The van der Waals surface area contributed by atoms with Crippen molar-refractivity contribution in [2.75, 3.05) is 13.2 Å². The zero-order chi connectivity index (χ0) is 13.2. The molecule has 3 nitrogen and oxygen atoms in total. The summed E-state index contributed by atoms with van der Waals surface area (Å²) >= 11 is 1.80. The van der Waals surface area contributed by atoms with Crippen molar-refractivity contribution in [3.63, 3.8) is 0 Å². The van der Waals surface area contributed by atoms with E-state index in [0.29, 0.717) is 12.0 Å². The van der Waals surface area contributed by atoms with Crippen LogP contribution in [-0.2, 0) is 12.0 Å². The van der Waals surface area contributed by atoms with Crippen molar-refractivity contribution in [3.05, 3.63) is 16.1 Å². The van der Waals surface area contributed by atoms with Gasteiger partial charge in [0.25, 0.3) is 0 Å². The summed E-state index contributed by atoms with van der Waals surface area (Å²) in [5, 5.41) is 13.7. The van der Waals surface area contributed by atoms with Crippen LogP contribution in [0.5, 0.6) is 0 Å². The molecule has 1 saturated carbocycles. The number of thiazole rings is 1. The number of aliphatic hydroxyl groups excluding tert-OH is 1. The number of hydrogen-bond acceptors (Lipinski definition) is 4. The van der Waals surface area contributed by atoms with Gasteiger partial charge in [-0.2, -0.15) is 0 Å². The van der Waals surface area contributed by atoms with Gasteiger partial charge in [0.2, 0.25) is 0 Å². The van der Waals surface area contributed by atoms with E-state index in [0.717, 1.165) is 19.5 Å². The average molecular weight is 268 g/mol. The highest BCUT2D eigenvalue weighted by molar-refractivity contribution is 7.11. The summed E-state index contributed by atoms with van der Waals surface area (Å²) in [7, 11) is 0. The maximum absolute atomic E-state index is 9.02. The molecule has 1 aliphatic rings. The molecule has 0 bridgehead atoms. The monoisotopic (exact) mass is 268 g/mol. The van der Waals surface area contributed by atoms with Crippen molar-refractivity contribution in [2.24, 2.45) is 5.41 Å². The molecule has 2 rings (SSSR count). The molecule has 18 heavy (non-hydrogen) atoms. The maximum Gasteiger partial charge on any atom is 0.0981 e. The van der Waals surface area contributed by atoms with Crippen molar-refractivity contribution in [1.29, 1.82) is 0 Å². The summed E-state index contributed by atoms with van der Waals surface area (Å²) in [6.45, 7) is 8.84. The van der Waals surface area contributed by atoms with Crippen LogP contribution in [0.1, 0.15) is 49.9 Å². The lowest BCUT2D eigenvalue weighted by Crippen LogP contribution is -2.24. The van der Waals surface area contributed by atoms with E-state index in [-0.39, 0.29) is 5.41 Å². The van der Waals surface area contributed by atoms with Crippen molar-refractivity contribution >= 4 is 11.3 Å². The number of aliphatic hydroxyl groups is 1. The largest absolute Gasteiger partial charge is 0.396 e. The van der Waals surface area contributed by atoms with Gasteiger partial charge in [0, 0.05) is 36.2 Å². The van der Waals surface area contributed by atoms with Crippen molar-refractivity contribution in [2.45, 2.75) is 52.0 Å². The Kier molecular flexibility index (Phi) is 4.09. The Morgan fingerprint density at radius 2 is 2.17 bits per heavy atom. The van der Waals surface area contributed by atoms with Gasteiger partial charge in [0.1, 0.15) is 0 Å². The smallest absolute Gasteiger partial charge is 0.0981 e. The van der Waals surface area contributed by atoms with Crippen LogP contribution in [0.2, 0.25) is 0 Å². The van der Waals surface area contributed by atoms with Crippen LogP contribution in [0.4, 0.5) is 0 Å². The molecule has 0 aliphatic heterocycles. The summed E-state index contributed by atoms with van der Waals surface area (Å²) in [5.41, 5.74) is 0.545. The van der Waals surface area contributed by atoms with E-state index < -0.39 is 0 Å². The summed E-state index contributed by atoms with van der Waals surface area (Å²) in [5.74, 6) is 0. The molecule has 1 aromatic heterocycles. The Balaban J connectivity index is 1.79. The van der Waals surface area contributed by atoms with Gasteiger partial charge in [-0.3, -0.25) is 0 Å². The quantitative estimate of drug-likeness (QED) is 0.834. The van der Waals surface area contributed by atoms with Gasteiger partial charge in [-0.05, 0) is 24.7 Å². The van der Waals surface area contributed by atoms with Crippen LogP contribution >= 0.6 is 11.3 Å². The highest BCUT2D eigenvalue weighted by atomic mass is 32.1. The van der Waals surface area contributed by atoms with Gasteiger partial charge in [0.15, 0.2) is 0 Å². The fourth-order valence-corrected chi connectivity index (χ4v) is 3.06. The summed E-state index contributed by atoms with van der Waals surface area (Å²) in [4.78, 5) is 5.80. The van der Waals surface area contributed by atoms with Crippen LogP contribution in [-0.4, -0.2) is 23.2 Å². The van der Waals surface area contributed by atoms with Gasteiger partial charge in [-0.25, -0.2) is 4.98 Å².